The largest absolute Gasteiger partial charge is 0.495 e. The van der Waals surface area contributed by atoms with E-state index in [-0.39, 0.29) is 0 Å². The fraction of sp³-hybridized carbons (Fsp3) is 0.0909. The number of aromatic amines is 2. The third-order valence-corrected chi connectivity index (χ3v) is 9.36. The molecule has 2 N–H and O–H groups in total. The number of aryl methyl sites for hydroxylation is 1. The van der Waals surface area contributed by atoms with Crippen molar-refractivity contribution in [2.75, 3.05) is 14.2 Å². The molecule has 48 heavy (non-hydrogen) atoms. The summed E-state index contributed by atoms with van der Waals surface area (Å²) in [7, 11) is 3.52. The second kappa shape index (κ2) is 12.3. The Morgan fingerprint density at radius 3 is 1.46 bits per heavy atom. The van der Waals surface area contributed by atoms with Crippen molar-refractivity contribution < 1.29 is 9.47 Å². The Bertz CT molecular complexity index is 2370. The minimum atomic E-state index is 0.673. The number of ether oxygens (including phenoxy) is 2. The van der Waals surface area contributed by atoms with Gasteiger partial charge in [0.25, 0.3) is 0 Å². The van der Waals surface area contributed by atoms with E-state index in [0.29, 0.717) is 6.42 Å². The summed E-state index contributed by atoms with van der Waals surface area (Å²) in [5.74, 6) is 1.68. The molecule has 234 valence electrons. The van der Waals surface area contributed by atoms with Crippen molar-refractivity contribution in [3.05, 3.63) is 156 Å². The third-order valence-electron chi connectivity index (χ3n) is 9.36. The molecule has 0 aliphatic rings. The van der Waals surface area contributed by atoms with E-state index in [1.54, 1.807) is 14.2 Å². The standard InChI is InChI=1S/C44H36N2O2/c1-28-26-34(44(48-3)43-36(28)37(29-16-8-4-9-17-29)40(46-43)31-20-12-6-13-21-31)27-33-24-25-35(47-2)42-39(33)38(30-18-10-5-11-19-30)41(45-42)32-22-14-7-15-23-32/h4-26,45-46H,27H2,1-3H3. The normalized spacial score (nSPS) is 11.3. The molecule has 0 radical (unpaired) electrons. The molecular weight excluding hydrogens is 588 g/mol. The van der Waals surface area contributed by atoms with E-state index in [2.05, 4.69) is 156 Å². The van der Waals surface area contributed by atoms with Gasteiger partial charge in [-0.25, -0.2) is 0 Å². The minimum Gasteiger partial charge on any atom is -0.495 e. The first-order chi connectivity index (χ1) is 23.7. The van der Waals surface area contributed by atoms with Crippen molar-refractivity contribution in [1.29, 1.82) is 0 Å². The van der Waals surface area contributed by atoms with Crippen LogP contribution in [-0.2, 0) is 6.42 Å². The topological polar surface area (TPSA) is 50.0 Å². The van der Waals surface area contributed by atoms with Crippen molar-refractivity contribution in [2.24, 2.45) is 0 Å². The Morgan fingerprint density at radius 2 is 0.958 bits per heavy atom. The molecule has 2 aromatic heterocycles. The number of benzene rings is 6. The quantitative estimate of drug-likeness (QED) is 0.177. The Hall–Kier alpha value is -6.00. The van der Waals surface area contributed by atoms with E-state index in [1.165, 1.54) is 33.2 Å². The fourth-order valence-corrected chi connectivity index (χ4v) is 7.29. The van der Waals surface area contributed by atoms with E-state index in [4.69, 9.17) is 9.47 Å². The van der Waals surface area contributed by atoms with Crippen molar-refractivity contribution in [3.8, 4) is 56.3 Å². The highest BCUT2D eigenvalue weighted by Crippen LogP contribution is 2.47. The van der Waals surface area contributed by atoms with Crippen LogP contribution in [0.15, 0.2) is 140 Å². The van der Waals surface area contributed by atoms with Crippen LogP contribution >= 0.6 is 0 Å². The molecule has 0 spiro atoms. The summed E-state index contributed by atoms with van der Waals surface area (Å²) in [6.45, 7) is 2.21. The average Bonchev–Trinajstić information content (AvgIpc) is 3.75. The van der Waals surface area contributed by atoms with Crippen molar-refractivity contribution >= 4 is 21.8 Å². The lowest BCUT2D eigenvalue weighted by Crippen LogP contribution is -1.98. The molecule has 4 heteroatoms. The summed E-state index contributed by atoms with van der Waals surface area (Å²) in [5, 5.41) is 2.33. The zero-order valence-corrected chi connectivity index (χ0v) is 27.3. The van der Waals surface area contributed by atoms with Crippen LogP contribution in [0.5, 0.6) is 11.5 Å². The lowest BCUT2D eigenvalue weighted by Gasteiger charge is -2.15. The number of methoxy groups -OCH3 is 2. The smallest absolute Gasteiger partial charge is 0.146 e. The van der Waals surface area contributed by atoms with E-state index in [1.807, 2.05) is 0 Å². The summed E-state index contributed by atoms with van der Waals surface area (Å²) < 4.78 is 12.2. The van der Waals surface area contributed by atoms with Crippen LogP contribution in [0.4, 0.5) is 0 Å². The number of nitrogens with one attached hydrogen (secondary N) is 2. The monoisotopic (exact) mass is 624 g/mol. The number of rotatable bonds is 8. The summed E-state index contributed by atoms with van der Waals surface area (Å²) in [4.78, 5) is 7.61. The lowest BCUT2D eigenvalue weighted by molar-refractivity contribution is 0.414. The molecule has 0 aliphatic carbocycles. The van der Waals surface area contributed by atoms with Crippen molar-refractivity contribution in [3.63, 3.8) is 0 Å². The van der Waals surface area contributed by atoms with Gasteiger partial charge in [0.15, 0.2) is 0 Å². The van der Waals surface area contributed by atoms with Gasteiger partial charge in [-0.3, -0.25) is 0 Å². The third kappa shape index (κ3) is 4.94. The number of hydrogen-bond donors (Lipinski definition) is 2. The zero-order valence-electron chi connectivity index (χ0n) is 27.3. The second-order valence-corrected chi connectivity index (χ2v) is 12.2. The molecule has 8 aromatic rings. The predicted molar refractivity (Wildman–Crippen MR) is 199 cm³/mol. The lowest BCUT2D eigenvalue weighted by atomic mass is 9.91. The zero-order chi connectivity index (χ0) is 32.6. The van der Waals surface area contributed by atoms with Crippen LogP contribution < -0.4 is 9.47 Å². The summed E-state index contributed by atoms with van der Waals surface area (Å²) in [5.41, 5.74) is 14.6. The molecule has 0 fully saturated rings. The van der Waals surface area contributed by atoms with Crippen LogP contribution in [0, 0.1) is 6.92 Å². The van der Waals surface area contributed by atoms with Crippen LogP contribution in [-0.4, -0.2) is 24.2 Å². The van der Waals surface area contributed by atoms with Crippen LogP contribution in [0.3, 0.4) is 0 Å². The maximum Gasteiger partial charge on any atom is 0.146 e. The molecule has 6 aromatic carbocycles. The van der Waals surface area contributed by atoms with E-state index in [9.17, 15) is 0 Å². The Labute approximate surface area is 280 Å². The van der Waals surface area contributed by atoms with E-state index < -0.39 is 0 Å². The Kier molecular flexibility index (Phi) is 7.54. The number of hydrogen-bond acceptors (Lipinski definition) is 2. The van der Waals surface area contributed by atoms with Gasteiger partial charge in [-0.1, -0.05) is 133 Å². The number of H-pyrrole nitrogens is 2. The van der Waals surface area contributed by atoms with Gasteiger partial charge >= 0.3 is 0 Å². The molecular formula is C44H36N2O2. The van der Waals surface area contributed by atoms with Crippen molar-refractivity contribution in [1.82, 2.24) is 9.97 Å². The Morgan fingerprint density at radius 1 is 0.479 bits per heavy atom. The van der Waals surface area contributed by atoms with Gasteiger partial charge in [-0.2, -0.15) is 0 Å². The van der Waals surface area contributed by atoms with Gasteiger partial charge in [0.05, 0.1) is 36.6 Å². The van der Waals surface area contributed by atoms with Crippen molar-refractivity contribution in [2.45, 2.75) is 13.3 Å². The van der Waals surface area contributed by atoms with Crippen LogP contribution in [0.2, 0.25) is 0 Å². The summed E-state index contributed by atoms with van der Waals surface area (Å²) in [6.07, 6.45) is 0.673. The maximum absolute atomic E-state index is 6.31. The SMILES string of the molecule is COc1ccc(Cc2cc(C)c3c(-c4ccccc4)c(-c4ccccc4)[nH]c3c2OC)c2c(-c3ccccc3)c(-c3ccccc3)[nH]c12. The minimum absolute atomic E-state index is 0.673. The van der Waals surface area contributed by atoms with Gasteiger partial charge in [0.1, 0.15) is 11.5 Å². The van der Waals surface area contributed by atoms with Gasteiger partial charge in [-0.15, -0.1) is 0 Å². The van der Waals surface area contributed by atoms with Crippen LogP contribution in [0.25, 0.3) is 66.6 Å². The van der Waals surface area contributed by atoms with Gasteiger partial charge in [-0.05, 0) is 46.4 Å². The maximum atomic E-state index is 6.31. The highest BCUT2D eigenvalue weighted by Gasteiger charge is 2.24. The van der Waals surface area contributed by atoms with E-state index >= 15 is 0 Å². The first kappa shape index (κ1) is 29.4. The molecule has 4 nitrogen and oxygen atoms in total. The molecule has 0 atom stereocenters. The van der Waals surface area contributed by atoms with Gasteiger partial charge in [0, 0.05) is 33.9 Å². The van der Waals surface area contributed by atoms with Crippen LogP contribution in [0.1, 0.15) is 16.7 Å². The number of fused-ring (bicyclic) bond motifs is 2. The molecule has 0 unspecified atom stereocenters. The fourth-order valence-electron chi connectivity index (χ4n) is 7.29. The molecule has 0 saturated carbocycles. The van der Waals surface area contributed by atoms with Gasteiger partial charge < -0.3 is 19.4 Å². The average molecular weight is 625 g/mol. The highest BCUT2D eigenvalue weighted by molar-refractivity contribution is 6.09. The Balaban J connectivity index is 1.38. The molecule has 2 heterocycles. The molecule has 8 rings (SSSR count). The highest BCUT2D eigenvalue weighted by atomic mass is 16.5. The molecule has 0 amide bonds. The molecule has 0 aliphatic heterocycles. The number of aromatic nitrogens is 2. The van der Waals surface area contributed by atoms with Gasteiger partial charge in [0.2, 0.25) is 0 Å². The second-order valence-electron chi connectivity index (χ2n) is 12.2. The molecule has 0 saturated heterocycles. The predicted octanol–water partition coefficient (Wildman–Crippen LogP) is 11.2. The first-order valence-electron chi connectivity index (χ1n) is 16.3. The van der Waals surface area contributed by atoms with E-state index in [0.717, 1.165) is 61.6 Å². The first-order valence-corrected chi connectivity index (χ1v) is 16.3. The summed E-state index contributed by atoms with van der Waals surface area (Å²) in [6, 6.07) is 48.9. The molecule has 0 bridgehead atoms. The summed E-state index contributed by atoms with van der Waals surface area (Å²) >= 11 is 0.